The van der Waals surface area contributed by atoms with Gasteiger partial charge < -0.3 is 14.6 Å². The molecular formula is C9H11ClN6O. The summed E-state index contributed by atoms with van der Waals surface area (Å²) in [5, 5.41) is 3.12. The van der Waals surface area contributed by atoms with Gasteiger partial charge in [-0.15, -0.1) is 0 Å². The largest absolute Gasteiger partial charge is 0.467 e. The Morgan fingerprint density at radius 3 is 3.00 bits per heavy atom. The molecule has 2 aromatic heterocycles. The van der Waals surface area contributed by atoms with E-state index in [0.29, 0.717) is 12.5 Å². The van der Waals surface area contributed by atoms with E-state index in [0.717, 1.165) is 6.54 Å². The van der Waals surface area contributed by atoms with Crippen molar-refractivity contribution in [1.82, 2.24) is 24.5 Å². The molecule has 7 nitrogen and oxygen atoms in total. The molecule has 1 N–H and O–H groups in total. The van der Waals surface area contributed by atoms with Crippen LogP contribution in [0.25, 0.3) is 0 Å². The minimum Gasteiger partial charge on any atom is -0.467 e. The summed E-state index contributed by atoms with van der Waals surface area (Å²) in [7, 11) is 1.47. The topological polar surface area (TPSA) is 77.8 Å². The zero-order chi connectivity index (χ0) is 12.1. The van der Waals surface area contributed by atoms with Gasteiger partial charge in [-0.3, -0.25) is 0 Å². The van der Waals surface area contributed by atoms with Gasteiger partial charge >= 0.3 is 6.01 Å². The molecule has 0 bridgehead atoms. The van der Waals surface area contributed by atoms with E-state index in [-0.39, 0.29) is 11.3 Å². The van der Waals surface area contributed by atoms with E-state index in [4.69, 9.17) is 16.3 Å². The molecule has 0 aromatic carbocycles. The number of ether oxygens (including phenoxy) is 1. The van der Waals surface area contributed by atoms with Crippen molar-refractivity contribution < 1.29 is 4.74 Å². The Bertz CT molecular complexity index is 474. The predicted octanol–water partition coefficient (Wildman–Crippen LogP) is 0.842. The smallest absolute Gasteiger partial charge is 0.322 e. The standard InChI is InChI=1S/C9H11ClN6O/c1-17-9-14-7(10)13-8(15-9)12-3-5-16-4-2-11-6-16/h2,4,6H,3,5H2,1H3,(H,12,13,14,15). The van der Waals surface area contributed by atoms with Crippen molar-refractivity contribution in [2.24, 2.45) is 0 Å². The molecule has 0 amide bonds. The average molecular weight is 255 g/mol. The third-order valence-electron chi connectivity index (χ3n) is 1.98. The Morgan fingerprint density at radius 2 is 2.29 bits per heavy atom. The Morgan fingerprint density at radius 1 is 1.41 bits per heavy atom. The molecule has 0 unspecified atom stereocenters. The van der Waals surface area contributed by atoms with E-state index in [9.17, 15) is 0 Å². The van der Waals surface area contributed by atoms with Crippen molar-refractivity contribution in [2.75, 3.05) is 19.0 Å². The lowest BCUT2D eigenvalue weighted by molar-refractivity contribution is 0.379. The number of aromatic nitrogens is 5. The van der Waals surface area contributed by atoms with Gasteiger partial charge in [0.05, 0.1) is 13.4 Å². The zero-order valence-electron chi connectivity index (χ0n) is 9.17. The van der Waals surface area contributed by atoms with Gasteiger partial charge in [-0.25, -0.2) is 4.98 Å². The van der Waals surface area contributed by atoms with Crippen LogP contribution in [-0.2, 0) is 6.54 Å². The lowest BCUT2D eigenvalue weighted by atomic mass is 10.6. The Balaban J connectivity index is 1.92. The molecule has 90 valence electrons. The minimum absolute atomic E-state index is 0.0991. The SMILES string of the molecule is COc1nc(Cl)nc(NCCn2ccnc2)n1. The lowest BCUT2D eigenvalue weighted by Crippen LogP contribution is -2.12. The molecular weight excluding hydrogens is 244 g/mol. The molecule has 0 saturated carbocycles. The summed E-state index contributed by atoms with van der Waals surface area (Å²) in [5.74, 6) is 0.391. The number of hydrogen-bond acceptors (Lipinski definition) is 6. The van der Waals surface area contributed by atoms with Gasteiger partial charge in [0.1, 0.15) is 0 Å². The summed E-state index contributed by atoms with van der Waals surface area (Å²) in [4.78, 5) is 15.7. The minimum atomic E-state index is 0.0991. The Hall–Kier alpha value is -1.89. The molecule has 0 fully saturated rings. The van der Waals surface area contributed by atoms with Gasteiger partial charge in [0.15, 0.2) is 0 Å². The normalized spacial score (nSPS) is 10.2. The average Bonchev–Trinajstić information content (AvgIpc) is 2.81. The maximum Gasteiger partial charge on any atom is 0.322 e. The second kappa shape index (κ2) is 5.44. The van der Waals surface area contributed by atoms with Gasteiger partial charge in [-0.1, -0.05) is 0 Å². The predicted molar refractivity (Wildman–Crippen MR) is 62.1 cm³/mol. The zero-order valence-corrected chi connectivity index (χ0v) is 9.92. The number of nitrogens with zero attached hydrogens (tertiary/aromatic N) is 5. The van der Waals surface area contributed by atoms with Crippen LogP contribution in [0.1, 0.15) is 0 Å². The van der Waals surface area contributed by atoms with Crippen LogP contribution in [-0.4, -0.2) is 38.2 Å². The van der Waals surface area contributed by atoms with Crippen LogP contribution >= 0.6 is 11.6 Å². The highest BCUT2D eigenvalue weighted by atomic mass is 35.5. The van der Waals surface area contributed by atoms with E-state index in [1.54, 1.807) is 12.5 Å². The number of rotatable bonds is 5. The first-order valence-electron chi connectivity index (χ1n) is 4.93. The van der Waals surface area contributed by atoms with Gasteiger partial charge in [-0.05, 0) is 11.6 Å². The fraction of sp³-hybridized carbons (Fsp3) is 0.333. The molecule has 0 atom stereocenters. The number of methoxy groups -OCH3 is 1. The first kappa shape index (κ1) is 11.6. The van der Waals surface area contributed by atoms with Crippen LogP contribution in [0.4, 0.5) is 5.95 Å². The second-order valence-corrected chi connectivity index (χ2v) is 3.48. The summed E-state index contributed by atoms with van der Waals surface area (Å²) in [5.41, 5.74) is 0. The van der Waals surface area contributed by atoms with Crippen LogP contribution < -0.4 is 10.1 Å². The van der Waals surface area contributed by atoms with Gasteiger partial charge in [0.25, 0.3) is 0 Å². The summed E-state index contributed by atoms with van der Waals surface area (Å²) in [6.45, 7) is 1.41. The Labute approximate surface area is 103 Å². The van der Waals surface area contributed by atoms with Crippen LogP contribution in [0.15, 0.2) is 18.7 Å². The third kappa shape index (κ3) is 3.28. The quantitative estimate of drug-likeness (QED) is 0.852. The number of halogens is 1. The van der Waals surface area contributed by atoms with Crippen LogP contribution in [0.2, 0.25) is 5.28 Å². The van der Waals surface area contributed by atoms with E-state index in [2.05, 4.69) is 25.3 Å². The lowest BCUT2D eigenvalue weighted by Gasteiger charge is -2.06. The van der Waals surface area contributed by atoms with Gasteiger partial charge in [0.2, 0.25) is 11.2 Å². The van der Waals surface area contributed by atoms with Crippen molar-refractivity contribution in [3.05, 3.63) is 24.0 Å². The molecule has 0 aliphatic rings. The Kier molecular flexibility index (Phi) is 3.71. The van der Waals surface area contributed by atoms with Crippen molar-refractivity contribution in [3.8, 4) is 6.01 Å². The highest BCUT2D eigenvalue weighted by molar-refractivity contribution is 6.28. The highest BCUT2D eigenvalue weighted by Gasteiger charge is 2.04. The summed E-state index contributed by atoms with van der Waals surface area (Å²) in [6.07, 6.45) is 5.34. The van der Waals surface area contributed by atoms with Crippen LogP contribution in [0.3, 0.4) is 0 Å². The third-order valence-corrected chi connectivity index (χ3v) is 2.15. The van der Waals surface area contributed by atoms with Crippen LogP contribution in [0, 0.1) is 0 Å². The first-order valence-corrected chi connectivity index (χ1v) is 5.31. The maximum absolute atomic E-state index is 5.71. The number of imidazole rings is 1. The number of nitrogens with one attached hydrogen (secondary N) is 1. The number of hydrogen-bond donors (Lipinski definition) is 1. The molecule has 0 aliphatic carbocycles. The highest BCUT2D eigenvalue weighted by Crippen LogP contribution is 2.10. The molecule has 0 spiro atoms. The molecule has 0 saturated heterocycles. The van der Waals surface area contributed by atoms with E-state index < -0.39 is 0 Å². The molecule has 17 heavy (non-hydrogen) atoms. The van der Waals surface area contributed by atoms with E-state index in [1.807, 2.05) is 10.8 Å². The van der Waals surface area contributed by atoms with Crippen molar-refractivity contribution in [1.29, 1.82) is 0 Å². The summed E-state index contributed by atoms with van der Waals surface area (Å²) < 4.78 is 6.82. The molecule has 0 aliphatic heterocycles. The summed E-state index contributed by atoms with van der Waals surface area (Å²) >= 11 is 5.71. The number of anilines is 1. The van der Waals surface area contributed by atoms with Crippen molar-refractivity contribution >= 4 is 17.5 Å². The van der Waals surface area contributed by atoms with Crippen LogP contribution in [0.5, 0.6) is 6.01 Å². The van der Waals surface area contributed by atoms with Crippen molar-refractivity contribution in [3.63, 3.8) is 0 Å². The first-order chi connectivity index (χ1) is 8.28. The monoisotopic (exact) mass is 254 g/mol. The summed E-state index contributed by atoms with van der Waals surface area (Å²) in [6, 6.07) is 0.190. The second-order valence-electron chi connectivity index (χ2n) is 3.14. The fourth-order valence-corrected chi connectivity index (χ4v) is 1.37. The molecule has 8 heteroatoms. The maximum atomic E-state index is 5.71. The van der Waals surface area contributed by atoms with E-state index in [1.165, 1.54) is 7.11 Å². The van der Waals surface area contributed by atoms with Gasteiger partial charge in [-0.2, -0.15) is 15.0 Å². The molecule has 2 heterocycles. The molecule has 2 aromatic rings. The van der Waals surface area contributed by atoms with Crippen molar-refractivity contribution in [2.45, 2.75) is 6.54 Å². The molecule has 2 rings (SSSR count). The fourth-order valence-electron chi connectivity index (χ4n) is 1.22. The van der Waals surface area contributed by atoms with E-state index >= 15 is 0 Å². The van der Waals surface area contributed by atoms with Gasteiger partial charge in [0, 0.05) is 25.5 Å². The molecule has 0 radical (unpaired) electrons.